The minimum atomic E-state index is -0.762. The van der Waals surface area contributed by atoms with E-state index in [4.69, 9.17) is 14.2 Å². The van der Waals surface area contributed by atoms with Crippen molar-refractivity contribution >= 4 is 17.9 Å². The quantitative estimate of drug-likeness (QED) is 0.0345. The molecule has 0 amide bonds. The lowest BCUT2D eigenvalue weighted by Crippen LogP contribution is -2.30. The summed E-state index contributed by atoms with van der Waals surface area (Å²) in [4.78, 5) is 37.9. The van der Waals surface area contributed by atoms with Crippen LogP contribution in [0.4, 0.5) is 0 Å². The summed E-state index contributed by atoms with van der Waals surface area (Å²) in [5, 5.41) is 0. The van der Waals surface area contributed by atoms with E-state index in [2.05, 4.69) is 34.6 Å². The highest BCUT2D eigenvalue weighted by atomic mass is 16.6. The number of rotatable bonds is 47. The van der Waals surface area contributed by atoms with Gasteiger partial charge < -0.3 is 14.2 Å². The highest BCUT2D eigenvalue weighted by Crippen LogP contribution is 2.17. The molecule has 0 N–H and O–H groups in total. The van der Waals surface area contributed by atoms with Gasteiger partial charge in [-0.15, -0.1) is 0 Å². The number of esters is 3. The van der Waals surface area contributed by atoms with Crippen LogP contribution >= 0.6 is 0 Å². The molecular weight excluding hydrogens is 733 g/mol. The maximum Gasteiger partial charge on any atom is 0.306 e. The summed E-state index contributed by atoms with van der Waals surface area (Å²) in [6.45, 7) is 11.3. The van der Waals surface area contributed by atoms with Gasteiger partial charge in [0.05, 0.1) is 0 Å². The van der Waals surface area contributed by atoms with Crippen molar-refractivity contribution in [2.45, 2.75) is 298 Å². The smallest absolute Gasteiger partial charge is 0.306 e. The van der Waals surface area contributed by atoms with E-state index in [1.807, 2.05) is 0 Å². The van der Waals surface area contributed by atoms with Gasteiger partial charge in [-0.25, -0.2) is 0 Å². The largest absolute Gasteiger partial charge is 0.462 e. The van der Waals surface area contributed by atoms with Gasteiger partial charge in [0.25, 0.3) is 0 Å². The van der Waals surface area contributed by atoms with Gasteiger partial charge in [0.1, 0.15) is 13.2 Å². The Hall–Kier alpha value is -1.59. The van der Waals surface area contributed by atoms with E-state index in [0.717, 1.165) is 69.6 Å². The molecule has 0 radical (unpaired) electrons. The van der Waals surface area contributed by atoms with Gasteiger partial charge in [-0.2, -0.15) is 0 Å². The van der Waals surface area contributed by atoms with E-state index >= 15 is 0 Å². The third kappa shape index (κ3) is 47.3. The summed E-state index contributed by atoms with van der Waals surface area (Å²) in [7, 11) is 0. The van der Waals surface area contributed by atoms with Crippen LogP contribution in [0.2, 0.25) is 0 Å². The molecule has 0 saturated carbocycles. The molecule has 0 aliphatic rings. The zero-order valence-electron chi connectivity index (χ0n) is 40.4. The highest BCUT2D eigenvalue weighted by Gasteiger charge is 2.19. The molecule has 6 heteroatoms. The van der Waals surface area contributed by atoms with E-state index in [-0.39, 0.29) is 31.1 Å². The number of ether oxygens (including phenoxy) is 3. The van der Waals surface area contributed by atoms with Crippen LogP contribution in [0.1, 0.15) is 291 Å². The molecule has 0 saturated heterocycles. The normalized spacial score (nSPS) is 12.1. The van der Waals surface area contributed by atoms with Gasteiger partial charge in [-0.05, 0) is 31.1 Å². The van der Waals surface area contributed by atoms with Crippen molar-refractivity contribution in [3.8, 4) is 0 Å². The van der Waals surface area contributed by atoms with Crippen LogP contribution in [0.5, 0.6) is 0 Å². The third-order valence-electron chi connectivity index (χ3n) is 12.0. The van der Waals surface area contributed by atoms with Crippen LogP contribution in [-0.4, -0.2) is 37.2 Å². The minimum absolute atomic E-state index is 0.0639. The van der Waals surface area contributed by atoms with Crippen LogP contribution in [0.15, 0.2) is 0 Å². The van der Waals surface area contributed by atoms with Crippen molar-refractivity contribution in [1.29, 1.82) is 0 Å². The third-order valence-corrected chi connectivity index (χ3v) is 12.0. The second-order valence-electron chi connectivity index (χ2n) is 19.1. The Morgan fingerprint density at radius 1 is 0.322 bits per heavy atom. The predicted octanol–water partition coefficient (Wildman–Crippen LogP) is 16.9. The summed E-state index contributed by atoms with van der Waals surface area (Å²) in [6, 6.07) is 0. The van der Waals surface area contributed by atoms with E-state index in [1.165, 1.54) is 180 Å². The second kappa shape index (κ2) is 45.9. The van der Waals surface area contributed by atoms with Crippen molar-refractivity contribution in [2.24, 2.45) is 11.8 Å². The number of hydrogen-bond donors (Lipinski definition) is 0. The number of carbonyl (C=O) groups is 3. The number of hydrogen-bond acceptors (Lipinski definition) is 6. The predicted molar refractivity (Wildman–Crippen MR) is 252 cm³/mol. The van der Waals surface area contributed by atoms with Gasteiger partial charge in [-0.1, -0.05) is 253 Å². The van der Waals surface area contributed by atoms with Crippen molar-refractivity contribution in [2.75, 3.05) is 13.2 Å². The number of unbranched alkanes of at least 4 members (excludes halogenated alkanes) is 32. The minimum Gasteiger partial charge on any atom is -0.462 e. The van der Waals surface area contributed by atoms with Crippen LogP contribution in [0.25, 0.3) is 0 Å². The van der Waals surface area contributed by atoms with Crippen molar-refractivity contribution in [3.05, 3.63) is 0 Å². The van der Waals surface area contributed by atoms with Crippen LogP contribution in [-0.2, 0) is 28.6 Å². The van der Waals surface area contributed by atoms with Crippen LogP contribution < -0.4 is 0 Å². The molecule has 0 aliphatic carbocycles. The summed E-state index contributed by atoms with van der Waals surface area (Å²) >= 11 is 0. The Kier molecular flexibility index (Phi) is 44.7. The summed E-state index contributed by atoms with van der Waals surface area (Å²) in [6.07, 6.45) is 46.6. The average Bonchev–Trinajstić information content (AvgIpc) is 3.20. The molecule has 0 spiro atoms. The van der Waals surface area contributed by atoms with E-state index in [1.54, 1.807) is 0 Å². The molecule has 0 aromatic rings. The first kappa shape index (κ1) is 57.4. The monoisotopic (exact) mass is 835 g/mol. The zero-order valence-corrected chi connectivity index (χ0v) is 40.4. The van der Waals surface area contributed by atoms with Gasteiger partial charge in [0, 0.05) is 19.3 Å². The van der Waals surface area contributed by atoms with E-state index in [0.29, 0.717) is 19.3 Å². The molecule has 0 bridgehead atoms. The Labute approximate surface area is 368 Å². The van der Waals surface area contributed by atoms with Gasteiger partial charge >= 0.3 is 17.9 Å². The lowest BCUT2D eigenvalue weighted by molar-refractivity contribution is -0.167. The summed E-state index contributed by atoms with van der Waals surface area (Å²) < 4.78 is 16.8. The molecule has 350 valence electrons. The van der Waals surface area contributed by atoms with Crippen molar-refractivity contribution in [1.82, 2.24) is 0 Å². The van der Waals surface area contributed by atoms with E-state index < -0.39 is 6.10 Å². The molecule has 59 heavy (non-hydrogen) atoms. The lowest BCUT2D eigenvalue weighted by atomic mass is 10.0. The number of carbonyl (C=O) groups excluding carboxylic acids is 3. The van der Waals surface area contributed by atoms with Crippen molar-refractivity contribution < 1.29 is 28.6 Å². The van der Waals surface area contributed by atoms with Gasteiger partial charge in [0.2, 0.25) is 0 Å². The SMILES string of the molecule is CCCCCCCCCCCCCCCCCCC(=O)OC[C@H](COC(=O)CCCCCCCCCCCCC(C)C)OC(=O)CCCCCCCCCCCC(C)C. The van der Waals surface area contributed by atoms with Crippen molar-refractivity contribution in [3.63, 3.8) is 0 Å². The molecule has 1 atom stereocenters. The Bertz CT molecular complexity index is 900. The summed E-state index contributed by atoms with van der Waals surface area (Å²) in [5.74, 6) is 0.776. The first-order valence-corrected chi connectivity index (χ1v) is 26.2. The highest BCUT2D eigenvalue weighted by molar-refractivity contribution is 5.71. The fourth-order valence-electron chi connectivity index (χ4n) is 7.99. The first-order chi connectivity index (χ1) is 28.7. The fourth-order valence-corrected chi connectivity index (χ4v) is 7.99. The maximum atomic E-state index is 12.8. The molecule has 0 aromatic heterocycles. The van der Waals surface area contributed by atoms with E-state index in [9.17, 15) is 14.4 Å². The Balaban J connectivity index is 4.30. The Morgan fingerprint density at radius 2 is 0.559 bits per heavy atom. The molecule has 0 aliphatic heterocycles. The summed E-state index contributed by atoms with van der Waals surface area (Å²) in [5.41, 5.74) is 0. The molecule has 0 fully saturated rings. The molecule has 0 unspecified atom stereocenters. The molecule has 0 heterocycles. The first-order valence-electron chi connectivity index (χ1n) is 26.2. The topological polar surface area (TPSA) is 78.9 Å². The average molecular weight is 835 g/mol. The zero-order chi connectivity index (χ0) is 43.3. The molecular formula is C53H102O6. The lowest BCUT2D eigenvalue weighted by Gasteiger charge is -2.18. The van der Waals surface area contributed by atoms with Gasteiger partial charge in [-0.3, -0.25) is 14.4 Å². The standard InChI is InChI=1S/C53H102O6/c1-6-7-8-9-10-11-12-13-14-15-16-17-23-28-33-38-43-51(54)57-46-50(59-53(56)45-40-35-30-25-20-22-27-32-37-42-49(4)5)47-58-52(55)44-39-34-29-24-19-18-21-26-31-36-41-48(2)3/h48-50H,6-47H2,1-5H3/t50-/m1/s1. The van der Waals surface area contributed by atoms with Crippen LogP contribution in [0.3, 0.4) is 0 Å². The molecule has 6 nitrogen and oxygen atoms in total. The van der Waals surface area contributed by atoms with Crippen LogP contribution in [0, 0.1) is 11.8 Å². The Morgan fingerprint density at radius 3 is 0.831 bits per heavy atom. The van der Waals surface area contributed by atoms with Gasteiger partial charge in [0.15, 0.2) is 6.10 Å². The fraction of sp³-hybridized carbons (Fsp3) is 0.943. The molecule has 0 aromatic carbocycles. The second-order valence-corrected chi connectivity index (χ2v) is 19.1. The maximum absolute atomic E-state index is 12.8. The molecule has 0 rings (SSSR count).